The molecule has 2 aromatic rings. The average Bonchev–Trinajstić information content (AvgIpc) is 2.39. The second-order valence-corrected chi connectivity index (χ2v) is 4.13. The molecule has 3 rings (SSSR count). The van der Waals surface area contributed by atoms with Gasteiger partial charge >= 0.3 is 0 Å². The molecule has 17 heavy (non-hydrogen) atoms. The van der Waals surface area contributed by atoms with Crippen molar-refractivity contribution in [3.8, 4) is 16.9 Å². The molecule has 2 nitrogen and oxygen atoms in total. The number of hydrogen-bond acceptors (Lipinski definition) is 2. The predicted octanol–water partition coefficient (Wildman–Crippen LogP) is 3.21. The fraction of sp³-hybridized carbons (Fsp3) is 0.214. The molecule has 0 spiro atoms. The van der Waals surface area contributed by atoms with E-state index in [0.29, 0.717) is 6.61 Å². The molecule has 0 saturated heterocycles. The molecule has 0 radical (unpaired) electrons. The van der Waals surface area contributed by atoms with E-state index in [9.17, 15) is 4.39 Å². The van der Waals surface area contributed by atoms with Crippen LogP contribution in [0.4, 0.5) is 4.39 Å². The Balaban J connectivity index is 2.19. The third-order valence-corrected chi connectivity index (χ3v) is 2.96. The van der Waals surface area contributed by atoms with E-state index in [1.54, 1.807) is 18.5 Å². The molecule has 1 aromatic carbocycles. The van der Waals surface area contributed by atoms with Gasteiger partial charge in [0.15, 0.2) is 0 Å². The Kier molecular flexibility index (Phi) is 2.52. The normalized spacial score (nSPS) is 13.9. The molecular weight excluding hydrogens is 217 g/mol. The summed E-state index contributed by atoms with van der Waals surface area (Å²) in [4.78, 5) is 3.97. The van der Waals surface area contributed by atoms with E-state index < -0.39 is 0 Å². The zero-order valence-electron chi connectivity index (χ0n) is 9.32. The van der Waals surface area contributed by atoms with Crippen LogP contribution in [0, 0.1) is 5.82 Å². The summed E-state index contributed by atoms with van der Waals surface area (Å²) in [5, 5.41) is 0. The summed E-state index contributed by atoms with van der Waals surface area (Å²) in [5.41, 5.74) is 2.72. The smallest absolute Gasteiger partial charge is 0.130 e. The molecule has 0 fully saturated rings. The van der Waals surface area contributed by atoms with Crippen LogP contribution in [0.3, 0.4) is 0 Å². The number of nitrogens with zero attached hydrogens (tertiary/aromatic N) is 1. The van der Waals surface area contributed by atoms with Gasteiger partial charge in [-0.05, 0) is 48.2 Å². The maximum absolute atomic E-state index is 13.6. The topological polar surface area (TPSA) is 22.1 Å². The number of benzene rings is 1. The molecule has 1 aliphatic rings. The molecule has 0 aliphatic carbocycles. The van der Waals surface area contributed by atoms with Crippen molar-refractivity contribution < 1.29 is 9.13 Å². The van der Waals surface area contributed by atoms with Gasteiger partial charge in [-0.15, -0.1) is 0 Å². The highest BCUT2D eigenvalue weighted by molar-refractivity contribution is 5.72. The molecule has 1 aliphatic heterocycles. The van der Waals surface area contributed by atoms with Crippen LogP contribution in [0.15, 0.2) is 36.7 Å². The number of fused-ring (bicyclic) bond motifs is 1. The molecule has 86 valence electrons. The van der Waals surface area contributed by atoms with Gasteiger partial charge in [-0.3, -0.25) is 4.98 Å². The number of rotatable bonds is 1. The maximum Gasteiger partial charge on any atom is 0.130 e. The first-order chi connectivity index (χ1) is 8.34. The Morgan fingerprint density at radius 1 is 1.18 bits per heavy atom. The van der Waals surface area contributed by atoms with Crippen LogP contribution in [0.5, 0.6) is 5.75 Å². The van der Waals surface area contributed by atoms with Gasteiger partial charge in [0.1, 0.15) is 11.6 Å². The van der Waals surface area contributed by atoms with E-state index in [2.05, 4.69) is 4.98 Å². The lowest BCUT2D eigenvalue weighted by Crippen LogP contribution is -2.09. The first-order valence-electron chi connectivity index (χ1n) is 5.70. The van der Waals surface area contributed by atoms with E-state index in [1.165, 1.54) is 6.07 Å². The highest BCUT2D eigenvalue weighted by Gasteiger charge is 2.17. The highest BCUT2D eigenvalue weighted by atomic mass is 19.1. The Morgan fingerprint density at radius 2 is 2.00 bits per heavy atom. The summed E-state index contributed by atoms with van der Waals surface area (Å²) in [5.74, 6) is 0.616. The van der Waals surface area contributed by atoms with Crippen molar-refractivity contribution in [2.75, 3.05) is 6.61 Å². The Bertz CT molecular complexity index is 539. The van der Waals surface area contributed by atoms with E-state index in [-0.39, 0.29) is 5.82 Å². The van der Waals surface area contributed by atoms with Gasteiger partial charge in [0.2, 0.25) is 0 Å². The largest absolute Gasteiger partial charge is 0.493 e. The van der Waals surface area contributed by atoms with Gasteiger partial charge in [-0.1, -0.05) is 0 Å². The summed E-state index contributed by atoms with van der Waals surface area (Å²) >= 11 is 0. The Hall–Kier alpha value is -1.90. The first-order valence-corrected chi connectivity index (χ1v) is 5.70. The number of pyridine rings is 1. The molecule has 0 amide bonds. The predicted molar refractivity (Wildman–Crippen MR) is 63.4 cm³/mol. The number of ether oxygens (including phenoxy) is 1. The number of aryl methyl sites for hydroxylation is 1. The quantitative estimate of drug-likeness (QED) is 0.749. The average molecular weight is 229 g/mol. The minimum Gasteiger partial charge on any atom is -0.493 e. The van der Waals surface area contributed by atoms with E-state index in [4.69, 9.17) is 4.74 Å². The van der Waals surface area contributed by atoms with Crippen LogP contribution in [-0.2, 0) is 6.42 Å². The van der Waals surface area contributed by atoms with Crippen molar-refractivity contribution in [1.82, 2.24) is 4.98 Å². The molecule has 0 N–H and O–H groups in total. The minimum atomic E-state index is -0.207. The van der Waals surface area contributed by atoms with Crippen molar-refractivity contribution >= 4 is 0 Å². The van der Waals surface area contributed by atoms with E-state index in [1.807, 2.05) is 12.1 Å². The third-order valence-electron chi connectivity index (χ3n) is 2.96. The van der Waals surface area contributed by atoms with E-state index >= 15 is 0 Å². The summed E-state index contributed by atoms with van der Waals surface area (Å²) in [6.07, 6.45) is 5.24. The van der Waals surface area contributed by atoms with Gasteiger partial charge < -0.3 is 4.74 Å². The third kappa shape index (κ3) is 1.88. The second-order valence-electron chi connectivity index (χ2n) is 4.13. The minimum absolute atomic E-state index is 0.207. The number of aromatic nitrogens is 1. The van der Waals surface area contributed by atoms with Crippen molar-refractivity contribution in [3.63, 3.8) is 0 Å². The van der Waals surface area contributed by atoms with Crippen LogP contribution >= 0.6 is 0 Å². The van der Waals surface area contributed by atoms with Crippen molar-refractivity contribution in [2.24, 2.45) is 0 Å². The highest BCUT2D eigenvalue weighted by Crippen LogP contribution is 2.36. The molecule has 2 heterocycles. The molecule has 0 saturated carbocycles. The zero-order chi connectivity index (χ0) is 11.7. The van der Waals surface area contributed by atoms with Gasteiger partial charge in [0.05, 0.1) is 6.61 Å². The molecule has 0 unspecified atom stereocenters. The second kappa shape index (κ2) is 4.17. The maximum atomic E-state index is 13.6. The molecule has 3 heteroatoms. The van der Waals surface area contributed by atoms with Crippen LogP contribution in [-0.4, -0.2) is 11.6 Å². The van der Waals surface area contributed by atoms with Gasteiger partial charge in [0.25, 0.3) is 0 Å². The lowest BCUT2D eigenvalue weighted by molar-refractivity contribution is 0.289. The van der Waals surface area contributed by atoms with Crippen LogP contribution in [0.1, 0.15) is 12.0 Å². The monoisotopic (exact) mass is 229 g/mol. The van der Waals surface area contributed by atoms with Crippen LogP contribution in [0.25, 0.3) is 11.1 Å². The molecular formula is C14H12FNO. The summed E-state index contributed by atoms with van der Waals surface area (Å²) in [6.45, 7) is 0.705. The zero-order valence-corrected chi connectivity index (χ0v) is 9.32. The number of hydrogen-bond donors (Lipinski definition) is 0. The SMILES string of the molecule is Fc1cc2c(c(-c3ccncc3)c1)OCCC2. The summed E-state index contributed by atoms with van der Waals surface area (Å²) < 4.78 is 19.2. The Labute approximate surface area is 99.1 Å². The Morgan fingerprint density at radius 3 is 2.82 bits per heavy atom. The summed E-state index contributed by atoms with van der Waals surface area (Å²) in [6, 6.07) is 6.83. The molecule has 0 bridgehead atoms. The summed E-state index contributed by atoms with van der Waals surface area (Å²) in [7, 11) is 0. The van der Waals surface area contributed by atoms with Gasteiger partial charge in [-0.25, -0.2) is 4.39 Å². The van der Waals surface area contributed by atoms with Crippen molar-refractivity contribution in [3.05, 3.63) is 48.0 Å². The number of halogens is 1. The lowest BCUT2D eigenvalue weighted by Gasteiger charge is -2.20. The van der Waals surface area contributed by atoms with Gasteiger partial charge in [-0.2, -0.15) is 0 Å². The fourth-order valence-corrected chi connectivity index (χ4v) is 2.19. The molecule has 0 atom stereocenters. The van der Waals surface area contributed by atoms with E-state index in [0.717, 1.165) is 35.3 Å². The van der Waals surface area contributed by atoms with Crippen LogP contribution in [0.2, 0.25) is 0 Å². The van der Waals surface area contributed by atoms with Gasteiger partial charge in [0, 0.05) is 18.0 Å². The standard InChI is InChI=1S/C14H12FNO/c15-12-8-11-2-1-7-17-14(11)13(9-12)10-3-5-16-6-4-10/h3-6,8-9H,1-2,7H2. The van der Waals surface area contributed by atoms with Crippen molar-refractivity contribution in [2.45, 2.75) is 12.8 Å². The fourth-order valence-electron chi connectivity index (χ4n) is 2.19. The molecule has 1 aromatic heterocycles. The van der Waals surface area contributed by atoms with Crippen molar-refractivity contribution in [1.29, 1.82) is 0 Å². The lowest BCUT2D eigenvalue weighted by atomic mass is 9.98. The first kappa shape index (κ1) is 10.3. The van der Waals surface area contributed by atoms with Crippen LogP contribution < -0.4 is 4.74 Å².